The van der Waals surface area contributed by atoms with Crippen molar-refractivity contribution in [2.75, 3.05) is 43.1 Å². The Labute approximate surface area is 320 Å². The molecule has 2 aromatic heterocycles. The highest BCUT2D eigenvalue weighted by Gasteiger charge is 2.35. The summed E-state index contributed by atoms with van der Waals surface area (Å²) in [5, 5.41) is 33.6. The molecule has 12 heteroatoms. The Morgan fingerprint density at radius 3 is 2.49 bits per heavy atom. The van der Waals surface area contributed by atoms with Gasteiger partial charge in [0.25, 0.3) is 0 Å². The van der Waals surface area contributed by atoms with E-state index in [4.69, 9.17) is 19.4 Å². The number of aliphatic hydroxyl groups is 1. The summed E-state index contributed by atoms with van der Waals surface area (Å²) >= 11 is 0. The van der Waals surface area contributed by atoms with Crippen LogP contribution in [0.4, 0.5) is 11.4 Å². The number of benzene rings is 3. The Morgan fingerprint density at radius 2 is 1.76 bits per heavy atom. The number of aliphatic carboxylic acids is 1. The molecular formula is C43H46N8O4. The number of nitriles is 1. The smallest absolute Gasteiger partial charge is 0.306 e. The molecule has 8 rings (SSSR count). The third kappa shape index (κ3) is 7.18. The van der Waals surface area contributed by atoms with Crippen molar-refractivity contribution >= 4 is 34.3 Å². The highest BCUT2D eigenvalue weighted by atomic mass is 16.4. The number of nitrogens with one attached hydrogen (secondary N) is 1. The van der Waals surface area contributed by atoms with Crippen LogP contribution in [0.15, 0.2) is 76.3 Å². The first-order valence-corrected chi connectivity index (χ1v) is 19.0. The molecule has 0 radical (unpaired) electrons. The fourth-order valence-corrected chi connectivity index (χ4v) is 8.32. The van der Waals surface area contributed by atoms with Crippen molar-refractivity contribution in [3.8, 4) is 28.7 Å². The summed E-state index contributed by atoms with van der Waals surface area (Å²) in [6.45, 7) is 12.3. The molecule has 3 aliphatic rings. The molecule has 3 N–H and O–H groups in total. The van der Waals surface area contributed by atoms with Crippen LogP contribution in [0.5, 0.6) is 0 Å². The van der Waals surface area contributed by atoms with Crippen molar-refractivity contribution < 1.29 is 19.4 Å². The maximum atomic E-state index is 11.4. The lowest BCUT2D eigenvalue weighted by molar-refractivity contribution is -0.143. The van der Waals surface area contributed by atoms with E-state index in [-0.39, 0.29) is 12.1 Å². The number of carboxylic acids is 1. The highest BCUT2D eigenvalue weighted by Crippen LogP contribution is 2.38. The van der Waals surface area contributed by atoms with E-state index in [2.05, 4.69) is 71.1 Å². The normalized spacial score (nSPS) is 20.7. The number of aliphatic imine (C=N–C) groups is 1. The number of rotatable bonds is 8. The number of oxazole rings is 1. The van der Waals surface area contributed by atoms with Crippen molar-refractivity contribution in [2.45, 2.75) is 65.3 Å². The van der Waals surface area contributed by atoms with Crippen molar-refractivity contribution in [1.29, 1.82) is 5.26 Å². The van der Waals surface area contributed by atoms with Gasteiger partial charge in [-0.15, -0.1) is 0 Å². The second kappa shape index (κ2) is 14.6. The lowest BCUT2D eigenvalue weighted by Crippen LogP contribution is -2.46. The van der Waals surface area contributed by atoms with Gasteiger partial charge in [-0.1, -0.05) is 24.3 Å². The van der Waals surface area contributed by atoms with Crippen molar-refractivity contribution in [3.63, 3.8) is 0 Å². The first-order chi connectivity index (χ1) is 26.5. The second-order valence-corrected chi connectivity index (χ2v) is 15.5. The van der Waals surface area contributed by atoms with E-state index in [1.165, 1.54) is 0 Å². The maximum Gasteiger partial charge on any atom is 0.306 e. The molecule has 5 heterocycles. The average Bonchev–Trinajstić information content (AvgIpc) is 3.76. The standard InChI is InChI=1S/C43H46N8O4/c1-26-32(8-5-10-34(26)41-48-36-21-29(20-31(22-44)39(36)55-41)23-49-17-13-30(14-18-49)42(52)53)33-9-6-11-35(27(33)2)47-40-38-37(12-7-16-45-38)51(28(3)46-40)25-50-19-15-43(4,54)24-50/h5-12,16,20-21,28,30,54H,13-15,17-19,23-25H2,1-4H3,(H,46,47)(H,52,53)/t28-,43?/m1/s1. The Balaban J connectivity index is 1.05. The summed E-state index contributed by atoms with van der Waals surface area (Å²) in [6.07, 6.45) is 3.64. The van der Waals surface area contributed by atoms with Crippen LogP contribution < -0.4 is 10.2 Å². The third-order valence-electron chi connectivity index (χ3n) is 11.4. The first kappa shape index (κ1) is 36.4. The van der Waals surface area contributed by atoms with Gasteiger partial charge in [0.05, 0.1) is 29.4 Å². The van der Waals surface area contributed by atoms with Gasteiger partial charge < -0.3 is 24.8 Å². The molecule has 0 bridgehead atoms. The summed E-state index contributed by atoms with van der Waals surface area (Å²) in [7, 11) is 0. The Morgan fingerprint density at radius 1 is 1.02 bits per heavy atom. The van der Waals surface area contributed by atoms with Crippen LogP contribution in [0, 0.1) is 31.1 Å². The lowest BCUT2D eigenvalue weighted by atomic mass is 9.92. The van der Waals surface area contributed by atoms with Crippen LogP contribution >= 0.6 is 0 Å². The van der Waals surface area contributed by atoms with Gasteiger partial charge in [0, 0.05) is 37.1 Å². The Hall–Kier alpha value is -5.61. The monoisotopic (exact) mass is 738 g/mol. The minimum atomic E-state index is -0.729. The van der Waals surface area contributed by atoms with Gasteiger partial charge in [0.1, 0.15) is 23.4 Å². The second-order valence-electron chi connectivity index (χ2n) is 15.5. The van der Waals surface area contributed by atoms with Gasteiger partial charge in [-0.25, -0.2) is 9.98 Å². The number of carboxylic acid groups (broad SMARTS) is 1. The summed E-state index contributed by atoms with van der Waals surface area (Å²) in [6, 6.07) is 22.5. The zero-order valence-electron chi connectivity index (χ0n) is 31.7. The number of hydrogen-bond donors (Lipinski definition) is 3. The maximum absolute atomic E-state index is 11.4. The zero-order valence-corrected chi connectivity index (χ0v) is 31.7. The predicted molar refractivity (Wildman–Crippen MR) is 213 cm³/mol. The van der Waals surface area contributed by atoms with Gasteiger partial charge in [0.15, 0.2) is 11.4 Å². The number of anilines is 2. The van der Waals surface area contributed by atoms with Gasteiger partial charge in [-0.3, -0.25) is 19.6 Å². The number of carbonyl (C=O) groups is 1. The predicted octanol–water partition coefficient (Wildman–Crippen LogP) is 6.78. The molecule has 3 aliphatic heterocycles. The molecule has 12 nitrogen and oxygen atoms in total. The van der Waals surface area contributed by atoms with Crippen molar-refractivity contribution in [2.24, 2.45) is 10.9 Å². The first-order valence-electron chi connectivity index (χ1n) is 19.0. The van der Waals surface area contributed by atoms with Crippen LogP contribution in [0.2, 0.25) is 0 Å². The van der Waals surface area contributed by atoms with Crippen molar-refractivity contribution in [3.05, 3.63) is 94.8 Å². The number of nitrogens with zero attached hydrogens (tertiary/aromatic N) is 7. The van der Waals surface area contributed by atoms with Crippen LogP contribution in [0.25, 0.3) is 33.7 Å². The van der Waals surface area contributed by atoms with Crippen LogP contribution in [-0.2, 0) is 11.3 Å². The summed E-state index contributed by atoms with van der Waals surface area (Å²) in [4.78, 5) is 32.9. The Bertz CT molecular complexity index is 2350. The number of amidine groups is 1. The molecule has 0 spiro atoms. The minimum absolute atomic E-state index is 0.141. The largest absolute Gasteiger partial charge is 0.481 e. The van der Waals surface area contributed by atoms with E-state index in [0.717, 1.165) is 63.4 Å². The lowest BCUT2D eigenvalue weighted by Gasteiger charge is -2.37. The fourth-order valence-electron chi connectivity index (χ4n) is 8.32. The molecule has 2 fully saturated rings. The molecule has 55 heavy (non-hydrogen) atoms. The molecule has 1 unspecified atom stereocenters. The summed E-state index contributed by atoms with van der Waals surface area (Å²) in [5.74, 6) is 0.137. The van der Waals surface area contributed by atoms with Gasteiger partial charge in [0.2, 0.25) is 5.89 Å². The van der Waals surface area contributed by atoms with E-state index in [1.807, 2.05) is 43.3 Å². The number of piperidine rings is 1. The van der Waals surface area contributed by atoms with Crippen LogP contribution in [-0.4, -0.2) is 86.4 Å². The van der Waals surface area contributed by atoms with E-state index >= 15 is 0 Å². The number of β-amino-alcohol motifs (C(OH)–C–C–N with tert-alkyl or cyclic N) is 1. The number of likely N-dealkylation sites (tertiary alicyclic amines) is 2. The molecule has 0 saturated carbocycles. The van der Waals surface area contributed by atoms with Gasteiger partial charge >= 0.3 is 5.97 Å². The molecule has 0 amide bonds. The van der Waals surface area contributed by atoms with E-state index in [1.54, 1.807) is 6.20 Å². The number of hydrogen-bond acceptors (Lipinski definition) is 11. The SMILES string of the molecule is Cc1c(NC2=N[C@@H](C)N(CN3CCC(C)(O)C3)c3cccnc32)cccc1-c1cccc(-c2nc3cc(CN4CCC(C(=O)O)CC4)cc(C#N)c3o2)c1C. The minimum Gasteiger partial charge on any atom is -0.481 e. The molecule has 282 valence electrons. The average molecular weight is 739 g/mol. The number of aromatic nitrogens is 2. The topological polar surface area (TPSA) is 154 Å². The molecule has 5 aromatic rings. The van der Waals surface area contributed by atoms with Crippen LogP contribution in [0.3, 0.4) is 0 Å². The fraction of sp³-hybridized carbons (Fsp3) is 0.372. The summed E-state index contributed by atoms with van der Waals surface area (Å²) in [5.41, 5.74) is 9.49. The van der Waals surface area contributed by atoms with Crippen molar-refractivity contribution in [1.82, 2.24) is 19.8 Å². The Kier molecular flexibility index (Phi) is 9.63. The zero-order chi connectivity index (χ0) is 38.4. The summed E-state index contributed by atoms with van der Waals surface area (Å²) < 4.78 is 6.32. The van der Waals surface area contributed by atoms with Crippen LogP contribution in [0.1, 0.15) is 61.1 Å². The molecule has 2 atom stereocenters. The number of fused-ring (bicyclic) bond motifs is 2. The molecule has 2 saturated heterocycles. The quantitative estimate of drug-likeness (QED) is 0.154. The van der Waals surface area contributed by atoms with Gasteiger partial charge in [-0.05, 0) is 124 Å². The van der Waals surface area contributed by atoms with Gasteiger partial charge in [-0.2, -0.15) is 5.26 Å². The molecular weight excluding hydrogens is 693 g/mol. The van der Waals surface area contributed by atoms with E-state index in [9.17, 15) is 20.3 Å². The molecule has 3 aromatic carbocycles. The highest BCUT2D eigenvalue weighted by molar-refractivity contribution is 6.12. The van der Waals surface area contributed by atoms with E-state index in [0.29, 0.717) is 74.1 Å². The third-order valence-corrected chi connectivity index (χ3v) is 11.4. The van der Waals surface area contributed by atoms with E-state index < -0.39 is 11.6 Å². The number of pyridine rings is 1. The molecule has 0 aliphatic carbocycles.